The Morgan fingerprint density at radius 2 is 1.75 bits per heavy atom. The minimum atomic E-state index is -4.42. The fourth-order valence-electron chi connectivity index (χ4n) is 1.56. The monoisotopic (exact) mass is 297 g/mol. The normalized spacial score (nSPS) is 12.9. The molecule has 118 valence electrons. The van der Waals surface area contributed by atoms with Crippen LogP contribution in [0.15, 0.2) is 0 Å². The first-order valence-corrected chi connectivity index (χ1v) is 6.56. The third-order valence-corrected chi connectivity index (χ3v) is 2.76. The molecule has 0 saturated carbocycles. The van der Waals surface area contributed by atoms with E-state index in [0.717, 1.165) is 0 Å². The Balaban J connectivity index is 3.95. The molecule has 0 saturated heterocycles. The van der Waals surface area contributed by atoms with Crippen LogP contribution >= 0.6 is 0 Å². The van der Waals surface area contributed by atoms with Gasteiger partial charge in [0, 0.05) is 26.1 Å². The lowest BCUT2D eigenvalue weighted by Crippen LogP contribution is -2.46. The third-order valence-electron chi connectivity index (χ3n) is 2.76. The lowest BCUT2D eigenvalue weighted by atomic mass is 10.2. The molecule has 0 spiro atoms. The number of nitrogens with one attached hydrogen (secondary N) is 2. The van der Waals surface area contributed by atoms with E-state index in [1.165, 1.54) is 6.92 Å². The number of halogens is 3. The van der Waals surface area contributed by atoms with Gasteiger partial charge in [0.25, 0.3) is 0 Å². The highest BCUT2D eigenvalue weighted by Crippen LogP contribution is 2.12. The maximum atomic E-state index is 11.9. The van der Waals surface area contributed by atoms with Gasteiger partial charge in [-0.3, -0.25) is 9.59 Å². The summed E-state index contributed by atoms with van der Waals surface area (Å²) in [6, 6.07) is -0.776. The van der Waals surface area contributed by atoms with Gasteiger partial charge in [-0.25, -0.2) is 0 Å². The van der Waals surface area contributed by atoms with E-state index < -0.39 is 24.7 Å². The summed E-state index contributed by atoms with van der Waals surface area (Å²) in [5.74, 6) is -0.789. The van der Waals surface area contributed by atoms with Crippen LogP contribution in [0.2, 0.25) is 0 Å². The fourth-order valence-corrected chi connectivity index (χ4v) is 1.56. The van der Waals surface area contributed by atoms with E-state index in [9.17, 15) is 22.8 Å². The van der Waals surface area contributed by atoms with Crippen LogP contribution in [0.1, 0.15) is 27.2 Å². The molecule has 2 N–H and O–H groups in total. The van der Waals surface area contributed by atoms with Crippen LogP contribution in [0.5, 0.6) is 0 Å². The zero-order chi connectivity index (χ0) is 15.8. The standard InChI is InChI=1S/C12H22F3N3O2/c1-4-18(5-2)10(19)6-7-16-9(3)11(20)17-8-12(13,14)15/h9,16H,4-8H2,1-3H3,(H,17,20). The molecule has 0 rings (SSSR count). The SMILES string of the molecule is CCN(CC)C(=O)CCNC(C)C(=O)NCC(F)(F)F. The average molecular weight is 297 g/mol. The molecule has 0 fully saturated rings. The molecule has 5 nitrogen and oxygen atoms in total. The molecule has 0 heterocycles. The van der Waals surface area contributed by atoms with Crippen LogP contribution in [0.4, 0.5) is 13.2 Å². The van der Waals surface area contributed by atoms with Gasteiger partial charge < -0.3 is 15.5 Å². The van der Waals surface area contributed by atoms with E-state index in [4.69, 9.17) is 0 Å². The quantitative estimate of drug-likeness (QED) is 0.700. The third kappa shape index (κ3) is 7.98. The van der Waals surface area contributed by atoms with Crippen LogP contribution in [-0.2, 0) is 9.59 Å². The topological polar surface area (TPSA) is 61.4 Å². The largest absolute Gasteiger partial charge is 0.405 e. The minimum absolute atomic E-state index is 0.0506. The Morgan fingerprint density at radius 1 is 1.20 bits per heavy atom. The van der Waals surface area contributed by atoms with E-state index in [0.29, 0.717) is 13.1 Å². The summed E-state index contributed by atoms with van der Waals surface area (Å²) in [7, 11) is 0. The Bertz CT molecular complexity index is 318. The first-order chi connectivity index (χ1) is 9.21. The molecular formula is C12H22F3N3O2. The second-order valence-corrected chi connectivity index (χ2v) is 4.32. The Kier molecular flexibility index (Phi) is 8.21. The van der Waals surface area contributed by atoms with Crippen molar-refractivity contribution in [1.82, 2.24) is 15.5 Å². The van der Waals surface area contributed by atoms with Gasteiger partial charge in [-0.05, 0) is 20.8 Å². The van der Waals surface area contributed by atoms with Gasteiger partial charge in [0.15, 0.2) is 0 Å². The number of hydrogen-bond acceptors (Lipinski definition) is 3. The first kappa shape index (κ1) is 18.7. The number of hydrogen-bond donors (Lipinski definition) is 2. The summed E-state index contributed by atoms with van der Waals surface area (Å²) in [5, 5.41) is 4.51. The highest BCUT2D eigenvalue weighted by Gasteiger charge is 2.28. The molecule has 0 aromatic heterocycles. The number of carbonyl (C=O) groups is 2. The van der Waals surface area contributed by atoms with Crippen molar-refractivity contribution in [2.45, 2.75) is 39.4 Å². The van der Waals surface area contributed by atoms with Crippen LogP contribution in [-0.4, -0.2) is 55.1 Å². The molecule has 1 unspecified atom stereocenters. The molecule has 2 amide bonds. The molecule has 1 atom stereocenters. The Morgan fingerprint density at radius 3 is 2.20 bits per heavy atom. The molecule has 0 radical (unpaired) electrons. The second kappa shape index (κ2) is 8.78. The van der Waals surface area contributed by atoms with E-state index in [1.54, 1.807) is 10.2 Å². The molecule has 0 aromatic rings. The van der Waals surface area contributed by atoms with Gasteiger partial charge in [-0.2, -0.15) is 13.2 Å². The summed E-state index contributed by atoms with van der Waals surface area (Å²) < 4.78 is 35.8. The summed E-state index contributed by atoms with van der Waals surface area (Å²) in [4.78, 5) is 24.6. The van der Waals surface area contributed by atoms with E-state index >= 15 is 0 Å². The Labute approximate surface area is 116 Å². The van der Waals surface area contributed by atoms with Crippen molar-refractivity contribution in [1.29, 1.82) is 0 Å². The zero-order valence-corrected chi connectivity index (χ0v) is 12.0. The van der Waals surface area contributed by atoms with Crippen LogP contribution < -0.4 is 10.6 Å². The summed E-state index contributed by atoms with van der Waals surface area (Å²) in [6.45, 7) is 5.29. The van der Waals surface area contributed by atoms with E-state index in [1.807, 2.05) is 13.8 Å². The van der Waals surface area contributed by atoms with Crippen molar-refractivity contribution in [3.05, 3.63) is 0 Å². The summed E-state index contributed by atoms with van der Waals surface area (Å²) >= 11 is 0. The van der Waals surface area contributed by atoms with Crippen LogP contribution in [0.25, 0.3) is 0 Å². The number of amides is 2. The Hall–Kier alpha value is -1.31. The number of nitrogens with zero attached hydrogens (tertiary/aromatic N) is 1. The zero-order valence-electron chi connectivity index (χ0n) is 12.0. The van der Waals surface area contributed by atoms with Gasteiger partial charge in [0.1, 0.15) is 6.54 Å². The lowest BCUT2D eigenvalue weighted by molar-refractivity contribution is -0.139. The van der Waals surface area contributed by atoms with Crippen molar-refractivity contribution < 1.29 is 22.8 Å². The maximum Gasteiger partial charge on any atom is 0.405 e. The summed E-state index contributed by atoms with van der Waals surface area (Å²) in [5.41, 5.74) is 0. The van der Waals surface area contributed by atoms with Crippen molar-refractivity contribution in [3.8, 4) is 0 Å². The van der Waals surface area contributed by atoms with Crippen molar-refractivity contribution in [2.24, 2.45) is 0 Å². The molecule has 20 heavy (non-hydrogen) atoms. The lowest BCUT2D eigenvalue weighted by Gasteiger charge is -2.19. The summed E-state index contributed by atoms with van der Waals surface area (Å²) in [6.07, 6.45) is -4.22. The average Bonchev–Trinajstić information content (AvgIpc) is 2.36. The molecule has 0 aliphatic carbocycles. The first-order valence-electron chi connectivity index (χ1n) is 6.56. The highest BCUT2D eigenvalue weighted by molar-refractivity contribution is 5.81. The molecule has 8 heteroatoms. The van der Waals surface area contributed by atoms with Crippen LogP contribution in [0.3, 0.4) is 0 Å². The van der Waals surface area contributed by atoms with Gasteiger partial charge >= 0.3 is 6.18 Å². The van der Waals surface area contributed by atoms with Gasteiger partial charge in [0.2, 0.25) is 11.8 Å². The number of alkyl halides is 3. The fraction of sp³-hybridized carbons (Fsp3) is 0.833. The van der Waals surface area contributed by atoms with E-state index in [-0.39, 0.29) is 18.9 Å². The molecular weight excluding hydrogens is 275 g/mol. The van der Waals surface area contributed by atoms with Gasteiger partial charge in [-0.15, -0.1) is 0 Å². The predicted molar refractivity (Wildman–Crippen MR) is 69.1 cm³/mol. The maximum absolute atomic E-state index is 11.9. The number of rotatable bonds is 8. The van der Waals surface area contributed by atoms with Gasteiger partial charge in [-0.1, -0.05) is 0 Å². The van der Waals surface area contributed by atoms with Crippen molar-refractivity contribution in [2.75, 3.05) is 26.2 Å². The van der Waals surface area contributed by atoms with Gasteiger partial charge in [0.05, 0.1) is 6.04 Å². The molecule has 0 aromatic carbocycles. The highest BCUT2D eigenvalue weighted by atomic mass is 19.4. The van der Waals surface area contributed by atoms with Crippen molar-refractivity contribution in [3.63, 3.8) is 0 Å². The smallest absolute Gasteiger partial charge is 0.346 e. The predicted octanol–water partition coefficient (Wildman–Crippen LogP) is 0.902. The number of carbonyl (C=O) groups excluding carboxylic acids is 2. The van der Waals surface area contributed by atoms with Crippen molar-refractivity contribution >= 4 is 11.8 Å². The molecule has 0 bridgehead atoms. The molecule has 0 aliphatic rings. The van der Waals surface area contributed by atoms with Crippen LogP contribution in [0, 0.1) is 0 Å². The minimum Gasteiger partial charge on any atom is -0.346 e. The van der Waals surface area contributed by atoms with E-state index in [2.05, 4.69) is 5.32 Å². The molecule has 0 aliphatic heterocycles. The second-order valence-electron chi connectivity index (χ2n) is 4.32.